The maximum Gasteiger partial charge on any atom is 0.563 e. The molecule has 0 heterocycles. The maximum atomic E-state index is 13.6. The number of hydrogen-bond donors (Lipinski definition) is 1. The van der Waals surface area contributed by atoms with E-state index in [1.165, 1.54) is 0 Å². The van der Waals surface area contributed by atoms with Crippen molar-refractivity contribution in [3.8, 4) is 0 Å². The molecule has 98 valence electrons. The van der Waals surface area contributed by atoms with Gasteiger partial charge in [0.05, 0.1) is 16.7 Å². The predicted molar refractivity (Wildman–Crippen MR) is 57.3 cm³/mol. The Bertz CT molecular complexity index is 524. The van der Waals surface area contributed by atoms with E-state index in [0.717, 1.165) is 0 Å². The summed E-state index contributed by atoms with van der Waals surface area (Å²) < 4.78 is 31.3. The number of hydrogen-bond acceptors (Lipinski definition) is 6. The SMILES string of the molecule is O=COB(O)c1c(C=O)c(F)c(C=O)c(F)c1C=O. The van der Waals surface area contributed by atoms with Crippen molar-refractivity contribution < 1.29 is 37.6 Å². The first-order valence-corrected chi connectivity index (χ1v) is 4.71. The highest BCUT2D eigenvalue weighted by atomic mass is 19.1. The molecule has 9 heteroatoms. The van der Waals surface area contributed by atoms with Crippen LogP contribution in [-0.4, -0.2) is 37.5 Å². The Balaban J connectivity index is 3.77. The summed E-state index contributed by atoms with van der Waals surface area (Å²) in [5.41, 5.74) is -3.89. The number of aldehydes is 3. The van der Waals surface area contributed by atoms with Crippen molar-refractivity contribution in [1.29, 1.82) is 0 Å². The van der Waals surface area contributed by atoms with Gasteiger partial charge in [-0.3, -0.25) is 19.2 Å². The molecular formula is C10H5BF2O6. The van der Waals surface area contributed by atoms with Crippen LogP contribution in [0.5, 0.6) is 0 Å². The van der Waals surface area contributed by atoms with Crippen LogP contribution in [0.15, 0.2) is 0 Å². The zero-order valence-electron chi connectivity index (χ0n) is 9.13. The van der Waals surface area contributed by atoms with Gasteiger partial charge in [0.15, 0.2) is 18.9 Å². The van der Waals surface area contributed by atoms with Crippen LogP contribution >= 0.6 is 0 Å². The summed E-state index contributed by atoms with van der Waals surface area (Å²) in [6, 6.07) is 0. The lowest BCUT2D eigenvalue weighted by molar-refractivity contribution is -0.121. The highest BCUT2D eigenvalue weighted by molar-refractivity contribution is 6.64. The van der Waals surface area contributed by atoms with Crippen LogP contribution < -0.4 is 5.46 Å². The molecule has 0 aliphatic rings. The average molecular weight is 270 g/mol. The minimum absolute atomic E-state index is 0.137. The van der Waals surface area contributed by atoms with Gasteiger partial charge in [0, 0.05) is 5.46 Å². The summed E-state index contributed by atoms with van der Waals surface area (Å²) >= 11 is 0. The van der Waals surface area contributed by atoms with Crippen LogP contribution in [-0.2, 0) is 9.45 Å². The normalized spacial score (nSPS) is 9.63. The molecule has 0 aliphatic heterocycles. The molecule has 0 spiro atoms. The molecule has 0 aromatic heterocycles. The van der Waals surface area contributed by atoms with Crippen molar-refractivity contribution in [3.05, 3.63) is 28.3 Å². The fraction of sp³-hybridized carbons (Fsp3) is 0. The summed E-state index contributed by atoms with van der Waals surface area (Å²) in [5.74, 6) is -3.12. The van der Waals surface area contributed by atoms with Crippen LogP contribution in [0.25, 0.3) is 0 Å². The molecule has 0 aliphatic carbocycles. The lowest BCUT2D eigenvalue weighted by atomic mass is 9.72. The maximum absolute atomic E-state index is 13.6. The minimum atomic E-state index is -2.22. The van der Waals surface area contributed by atoms with Gasteiger partial charge in [0.1, 0.15) is 11.6 Å². The van der Waals surface area contributed by atoms with E-state index in [1.807, 2.05) is 0 Å². The molecule has 6 nitrogen and oxygen atoms in total. The quantitative estimate of drug-likeness (QED) is 0.540. The van der Waals surface area contributed by atoms with Gasteiger partial charge in [0.25, 0.3) is 6.47 Å². The molecule has 0 amide bonds. The number of benzene rings is 1. The third-order valence-corrected chi connectivity index (χ3v) is 2.31. The highest BCUT2D eigenvalue weighted by Gasteiger charge is 2.32. The van der Waals surface area contributed by atoms with Crippen LogP contribution in [0, 0.1) is 11.6 Å². The monoisotopic (exact) mass is 270 g/mol. The third-order valence-electron chi connectivity index (χ3n) is 2.31. The van der Waals surface area contributed by atoms with Crippen LogP contribution in [0.3, 0.4) is 0 Å². The number of halogens is 2. The molecule has 0 atom stereocenters. The topological polar surface area (TPSA) is 97.7 Å². The molecule has 0 radical (unpaired) electrons. The lowest BCUT2D eigenvalue weighted by Gasteiger charge is -2.12. The van der Waals surface area contributed by atoms with Crippen molar-refractivity contribution in [1.82, 2.24) is 0 Å². The van der Waals surface area contributed by atoms with Crippen LogP contribution in [0.4, 0.5) is 8.78 Å². The Labute approximate surface area is 105 Å². The van der Waals surface area contributed by atoms with Crippen LogP contribution in [0.2, 0.25) is 0 Å². The molecule has 0 saturated carbocycles. The van der Waals surface area contributed by atoms with E-state index in [2.05, 4.69) is 4.65 Å². The minimum Gasteiger partial charge on any atom is -0.508 e. The van der Waals surface area contributed by atoms with E-state index in [1.54, 1.807) is 0 Å². The number of carbonyl (C=O) groups excluding carboxylic acids is 4. The summed E-state index contributed by atoms with van der Waals surface area (Å²) in [5, 5.41) is 9.36. The second kappa shape index (κ2) is 5.96. The van der Waals surface area contributed by atoms with Gasteiger partial charge < -0.3 is 9.68 Å². The molecule has 0 saturated heterocycles. The molecule has 0 bridgehead atoms. The third kappa shape index (κ3) is 2.40. The Morgan fingerprint density at radius 2 is 1.32 bits per heavy atom. The first-order chi connectivity index (χ1) is 9.03. The van der Waals surface area contributed by atoms with Gasteiger partial charge >= 0.3 is 7.12 Å². The number of rotatable bonds is 6. The predicted octanol–water partition coefficient (Wildman–Crippen LogP) is -0.737. The zero-order valence-corrected chi connectivity index (χ0v) is 9.13. The van der Waals surface area contributed by atoms with E-state index < -0.39 is 40.9 Å². The second-order valence-corrected chi connectivity index (χ2v) is 3.22. The lowest BCUT2D eigenvalue weighted by Crippen LogP contribution is -2.40. The van der Waals surface area contributed by atoms with Gasteiger partial charge in [-0.1, -0.05) is 0 Å². The second-order valence-electron chi connectivity index (χ2n) is 3.22. The molecule has 0 unspecified atom stereocenters. The van der Waals surface area contributed by atoms with Crippen LogP contribution in [0.1, 0.15) is 31.1 Å². The Morgan fingerprint density at radius 1 is 0.895 bits per heavy atom. The largest absolute Gasteiger partial charge is 0.563 e. The summed E-state index contributed by atoms with van der Waals surface area (Å²) in [6.45, 7) is -0.239. The molecule has 0 fully saturated rings. The van der Waals surface area contributed by atoms with E-state index in [-0.39, 0.29) is 25.3 Å². The van der Waals surface area contributed by atoms with Gasteiger partial charge in [-0.2, -0.15) is 0 Å². The van der Waals surface area contributed by atoms with Crippen molar-refractivity contribution in [2.75, 3.05) is 0 Å². The summed E-state index contributed by atoms with van der Waals surface area (Å²) in [7, 11) is -2.22. The summed E-state index contributed by atoms with van der Waals surface area (Å²) in [6.07, 6.45) is -0.496. The van der Waals surface area contributed by atoms with E-state index in [4.69, 9.17) is 0 Å². The Kier molecular flexibility index (Phi) is 4.59. The molecular weight excluding hydrogens is 265 g/mol. The molecule has 1 aromatic carbocycles. The number of carbonyl (C=O) groups is 4. The molecule has 1 aromatic rings. The Morgan fingerprint density at radius 3 is 1.63 bits per heavy atom. The van der Waals surface area contributed by atoms with Crippen molar-refractivity contribution in [2.24, 2.45) is 0 Å². The molecule has 1 N–H and O–H groups in total. The summed E-state index contributed by atoms with van der Waals surface area (Å²) in [4.78, 5) is 42.1. The molecule has 1 rings (SSSR count). The zero-order chi connectivity index (χ0) is 14.6. The van der Waals surface area contributed by atoms with Crippen molar-refractivity contribution in [3.63, 3.8) is 0 Å². The van der Waals surface area contributed by atoms with Crippen molar-refractivity contribution >= 4 is 37.9 Å². The van der Waals surface area contributed by atoms with Gasteiger partial charge in [-0.05, 0) is 0 Å². The Hall–Kier alpha value is -2.42. The van der Waals surface area contributed by atoms with E-state index in [9.17, 15) is 33.0 Å². The van der Waals surface area contributed by atoms with E-state index in [0.29, 0.717) is 0 Å². The fourth-order valence-corrected chi connectivity index (χ4v) is 1.49. The van der Waals surface area contributed by atoms with E-state index >= 15 is 0 Å². The first-order valence-electron chi connectivity index (χ1n) is 4.71. The molecule has 19 heavy (non-hydrogen) atoms. The smallest absolute Gasteiger partial charge is 0.508 e. The first kappa shape index (κ1) is 14.6. The van der Waals surface area contributed by atoms with Crippen molar-refractivity contribution in [2.45, 2.75) is 0 Å². The van der Waals surface area contributed by atoms with Gasteiger partial charge in [0.2, 0.25) is 0 Å². The fourth-order valence-electron chi connectivity index (χ4n) is 1.49. The highest BCUT2D eigenvalue weighted by Crippen LogP contribution is 2.17. The van der Waals surface area contributed by atoms with Gasteiger partial charge in [-0.25, -0.2) is 8.78 Å². The van der Waals surface area contributed by atoms with Gasteiger partial charge in [-0.15, -0.1) is 0 Å². The standard InChI is InChI=1S/C10H5BF2O6/c12-9-5(1-14)8(11(18)19-4-17)6(2-15)10(13)7(9)3-16/h1-4,18H. The average Bonchev–Trinajstić information content (AvgIpc) is 2.39.